The van der Waals surface area contributed by atoms with E-state index in [9.17, 15) is 9.59 Å². The lowest BCUT2D eigenvalue weighted by Crippen LogP contribution is -2.32. The molecule has 0 aliphatic rings. The van der Waals surface area contributed by atoms with Crippen molar-refractivity contribution >= 4 is 5.91 Å². The van der Waals surface area contributed by atoms with Gasteiger partial charge in [0.25, 0.3) is 5.56 Å². The number of nitrogens with one attached hydrogen (secondary N) is 1. The molecule has 7 heteroatoms. The van der Waals surface area contributed by atoms with Gasteiger partial charge in [0.1, 0.15) is 12.9 Å². The van der Waals surface area contributed by atoms with Crippen molar-refractivity contribution < 1.29 is 4.79 Å². The first-order valence-electron chi connectivity index (χ1n) is 9.44. The number of carbonyl (C=O) groups is 1. The van der Waals surface area contributed by atoms with Gasteiger partial charge in [0.05, 0.1) is 30.0 Å². The van der Waals surface area contributed by atoms with Crippen molar-refractivity contribution in [3.05, 3.63) is 101 Å². The van der Waals surface area contributed by atoms with Crippen molar-refractivity contribution in [2.24, 2.45) is 0 Å². The minimum atomic E-state index is -0.300. The molecule has 0 spiro atoms. The van der Waals surface area contributed by atoms with Crippen LogP contribution in [0, 0.1) is 0 Å². The summed E-state index contributed by atoms with van der Waals surface area (Å²) in [5, 5.41) is 2.78. The van der Waals surface area contributed by atoms with Crippen LogP contribution in [0.3, 0.4) is 0 Å². The van der Waals surface area contributed by atoms with Gasteiger partial charge >= 0.3 is 0 Å². The van der Waals surface area contributed by atoms with Crippen molar-refractivity contribution in [1.29, 1.82) is 0 Å². The van der Waals surface area contributed by atoms with E-state index in [1.165, 1.54) is 23.3 Å². The zero-order valence-corrected chi connectivity index (χ0v) is 16.1. The molecule has 2 aromatic heterocycles. The molecule has 0 unspecified atom stereocenters. The first kappa shape index (κ1) is 19.2. The number of amides is 1. The highest BCUT2D eigenvalue weighted by molar-refractivity contribution is 5.75. The summed E-state index contributed by atoms with van der Waals surface area (Å²) in [6.07, 6.45) is 2.86. The Balaban J connectivity index is 1.39. The number of nitrogens with zero attached hydrogens (tertiary/aromatic N) is 4. The maximum atomic E-state index is 12.3. The number of hydrogen-bond acceptors (Lipinski definition) is 5. The number of aromatic nitrogens is 4. The van der Waals surface area contributed by atoms with Crippen molar-refractivity contribution in [2.75, 3.05) is 0 Å². The minimum absolute atomic E-state index is 0.114. The summed E-state index contributed by atoms with van der Waals surface area (Å²) in [4.78, 5) is 37.4. The van der Waals surface area contributed by atoms with E-state index < -0.39 is 0 Å². The SMILES string of the molecule is O=C(Cn1cnc(-c2ccccc2)cc1=O)NCc1cc(-c2ccccc2)ncn1. The van der Waals surface area contributed by atoms with E-state index in [0.717, 1.165) is 16.8 Å². The first-order valence-corrected chi connectivity index (χ1v) is 9.44. The largest absolute Gasteiger partial charge is 0.349 e. The molecule has 0 radical (unpaired) electrons. The van der Waals surface area contributed by atoms with Crippen LogP contribution in [0.2, 0.25) is 0 Å². The van der Waals surface area contributed by atoms with Crippen molar-refractivity contribution in [3.63, 3.8) is 0 Å². The number of rotatable bonds is 6. The van der Waals surface area contributed by atoms with Gasteiger partial charge in [-0.05, 0) is 6.07 Å². The summed E-state index contributed by atoms with van der Waals surface area (Å²) < 4.78 is 1.27. The van der Waals surface area contributed by atoms with E-state index >= 15 is 0 Å². The van der Waals surface area contributed by atoms with Gasteiger partial charge in [-0.15, -0.1) is 0 Å². The van der Waals surface area contributed by atoms with Crippen molar-refractivity contribution in [3.8, 4) is 22.5 Å². The van der Waals surface area contributed by atoms with Crippen LogP contribution in [-0.2, 0) is 17.9 Å². The topological polar surface area (TPSA) is 89.8 Å². The van der Waals surface area contributed by atoms with Gasteiger partial charge in [0.15, 0.2) is 0 Å². The van der Waals surface area contributed by atoms with Crippen molar-refractivity contribution in [2.45, 2.75) is 13.1 Å². The molecule has 0 atom stereocenters. The van der Waals surface area contributed by atoms with E-state index in [0.29, 0.717) is 11.4 Å². The molecule has 0 saturated heterocycles. The van der Waals surface area contributed by atoms with Crippen LogP contribution in [0.4, 0.5) is 0 Å². The Bertz CT molecular complexity index is 1210. The van der Waals surface area contributed by atoms with Gasteiger partial charge in [0.2, 0.25) is 5.91 Å². The fourth-order valence-electron chi connectivity index (χ4n) is 2.97. The lowest BCUT2D eigenvalue weighted by atomic mass is 10.1. The summed E-state index contributed by atoms with van der Waals surface area (Å²) in [7, 11) is 0. The van der Waals surface area contributed by atoms with Gasteiger partial charge in [0, 0.05) is 17.2 Å². The first-order chi connectivity index (χ1) is 14.7. The summed E-state index contributed by atoms with van der Waals surface area (Å²) in [5.74, 6) is -0.300. The second kappa shape index (κ2) is 8.91. The van der Waals surface area contributed by atoms with Crippen LogP contribution in [0.5, 0.6) is 0 Å². The number of carbonyl (C=O) groups excluding carboxylic acids is 1. The van der Waals surface area contributed by atoms with Crippen LogP contribution < -0.4 is 10.9 Å². The maximum Gasteiger partial charge on any atom is 0.254 e. The van der Waals surface area contributed by atoms with Crippen LogP contribution in [-0.4, -0.2) is 25.4 Å². The quantitative estimate of drug-likeness (QED) is 0.540. The highest BCUT2D eigenvalue weighted by Gasteiger charge is 2.08. The Morgan fingerprint density at radius 3 is 2.10 bits per heavy atom. The molecule has 0 aliphatic carbocycles. The van der Waals surface area contributed by atoms with Gasteiger partial charge in [-0.25, -0.2) is 15.0 Å². The van der Waals surface area contributed by atoms with Crippen molar-refractivity contribution in [1.82, 2.24) is 24.8 Å². The summed E-state index contributed by atoms with van der Waals surface area (Å²) in [5.41, 5.74) is 3.58. The monoisotopic (exact) mass is 397 g/mol. The molecule has 0 fully saturated rings. The van der Waals surface area contributed by atoms with Crippen LogP contribution >= 0.6 is 0 Å². The lowest BCUT2D eigenvalue weighted by Gasteiger charge is -2.08. The van der Waals surface area contributed by atoms with Crippen LogP contribution in [0.25, 0.3) is 22.5 Å². The molecular formula is C23H19N5O2. The molecule has 1 amide bonds. The van der Waals surface area contributed by atoms with E-state index in [1.54, 1.807) is 0 Å². The fourth-order valence-corrected chi connectivity index (χ4v) is 2.97. The normalized spacial score (nSPS) is 10.5. The Hall–Kier alpha value is -4.13. The van der Waals surface area contributed by atoms with Crippen LogP contribution in [0.15, 0.2) is 90.2 Å². The standard InChI is InChI=1S/C23H19N5O2/c29-22(14-28-16-27-21(12-23(28)30)18-9-5-2-6-10-18)24-13-19-11-20(26-15-25-19)17-7-3-1-4-8-17/h1-12,15-16H,13-14H2,(H,24,29). The minimum Gasteiger partial charge on any atom is -0.349 e. The molecule has 7 nitrogen and oxygen atoms in total. The van der Waals surface area contributed by atoms with E-state index in [2.05, 4.69) is 20.3 Å². The molecule has 1 N–H and O–H groups in total. The third kappa shape index (κ3) is 4.64. The maximum absolute atomic E-state index is 12.3. The zero-order chi connectivity index (χ0) is 20.8. The zero-order valence-electron chi connectivity index (χ0n) is 16.1. The Morgan fingerprint density at radius 1 is 0.833 bits per heavy atom. The number of hydrogen-bond donors (Lipinski definition) is 1. The summed E-state index contributed by atoms with van der Waals surface area (Å²) in [6, 6.07) is 22.4. The lowest BCUT2D eigenvalue weighted by molar-refractivity contribution is -0.121. The smallest absolute Gasteiger partial charge is 0.254 e. The highest BCUT2D eigenvalue weighted by atomic mass is 16.2. The predicted molar refractivity (Wildman–Crippen MR) is 113 cm³/mol. The molecule has 0 aliphatic heterocycles. The molecular weight excluding hydrogens is 378 g/mol. The average Bonchev–Trinajstić information content (AvgIpc) is 2.80. The third-order valence-electron chi connectivity index (χ3n) is 4.52. The third-order valence-corrected chi connectivity index (χ3v) is 4.52. The molecule has 30 heavy (non-hydrogen) atoms. The van der Waals surface area contributed by atoms with Gasteiger partial charge in [-0.1, -0.05) is 60.7 Å². The number of benzene rings is 2. The van der Waals surface area contributed by atoms with Gasteiger partial charge in [-0.3, -0.25) is 14.2 Å². The molecule has 4 rings (SSSR count). The Labute approximate surface area is 173 Å². The fraction of sp³-hybridized carbons (Fsp3) is 0.0870. The second-order valence-electron chi connectivity index (χ2n) is 6.64. The Morgan fingerprint density at radius 2 is 1.47 bits per heavy atom. The molecule has 2 heterocycles. The van der Waals surface area contributed by atoms with E-state index in [4.69, 9.17) is 0 Å². The summed E-state index contributed by atoms with van der Waals surface area (Å²) >= 11 is 0. The molecule has 0 bridgehead atoms. The van der Waals surface area contributed by atoms with Gasteiger partial charge in [-0.2, -0.15) is 0 Å². The van der Waals surface area contributed by atoms with E-state index in [-0.39, 0.29) is 24.6 Å². The second-order valence-corrected chi connectivity index (χ2v) is 6.64. The Kier molecular flexibility index (Phi) is 5.70. The average molecular weight is 397 g/mol. The van der Waals surface area contributed by atoms with Gasteiger partial charge < -0.3 is 5.32 Å². The molecule has 0 saturated carbocycles. The summed E-state index contributed by atoms with van der Waals surface area (Å²) in [6.45, 7) is 0.128. The van der Waals surface area contributed by atoms with E-state index in [1.807, 2.05) is 66.7 Å². The highest BCUT2D eigenvalue weighted by Crippen LogP contribution is 2.16. The van der Waals surface area contributed by atoms with Crippen LogP contribution in [0.1, 0.15) is 5.69 Å². The molecule has 148 valence electrons. The molecule has 4 aromatic rings. The molecule has 2 aromatic carbocycles. The predicted octanol–water partition coefficient (Wildman–Crippen LogP) is 2.68.